The summed E-state index contributed by atoms with van der Waals surface area (Å²) in [6.45, 7) is 32.5. The second kappa shape index (κ2) is 50.3. The van der Waals surface area contributed by atoms with Crippen LogP contribution >= 0.6 is 0 Å². The van der Waals surface area contributed by atoms with Gasteiger partial charge < -0.3 is 52.7 Å². The Balaban J connectivity index is 0.000000167. The van der Waals surface area contributed by atoms with Crippen LogP contribution in [0, 0.1) is 69.4 Å². The van der Waals surface area contributed by atoms with Gasteiger partial charge in [0.05, 0.1) is 99.7 Å². The number of nitrogens with zero attached hydrogens (tertiary/aromatic N) is 6. The number of phenolic OH excluding ortho intramolecular Hbond substituents is 4. The Morgan fingerprint density at radius 1 is 0.254 bits per heavy atom. The molecule has 4 N–H and O–H groups in total. The summed E-state index contributed by atoms with van der Waals surface area (Å²) in [6.07, 6.45) is 0. The van der Waals surface area contributed by atoms with Crippen LogP contribution in [0.2, 0.25) is 0 Å². The minimum Gasteiger partial charge on any atom is -0.505 e. The molecule has 0 unspecified atom stereocenters. The van der Waals surface area contributed by atoms with Crippen molar-refractivity contribution in [2.75, 3.05) is 40.5 Å². The zero-order chi connectivity index (χ0) is 98.0. The van der Waals surface area contributed by atoms with Gasteiger partial charge in [-0.2, -0.15) is 148 Å². The first kappa shape index (κ1) is 105. The van der Waals surface area contributed by atoms with E-state index in [9.17, 15) is 20.4 Å². The topological polar surface area (TPSA) is 122 Å². The quantitative estimate of drug-likeness (QED) is 0.0383. The predicted molar refractivity (Wildman–Crippen MR) is 585 cm³/mol. The van der Waals surface area contributed by atoms with Gasteiger partial charge in [0, 0.05) is 125 Å². The number of fused-ring (bicyclic) bond motifs is 12. The number of quaternary nitrogens is 1. The van der Waals surface area contributed by atoms with E-state index >= 15 is 0 Å². The Kier molecular flexibility index (Phi) is 37.0. The van der Waals surface area contributed by atoms with E-state index in [1.807, 2.05) is 249 Å². The molecule has 0 aliphatic rings. The molecule has 4 heterocycles. The fraction of sp³-hybridized carbons (Fsp3) is 0.102. The van der Waals surface area contributed by atoms with Crippen molar-refractivity contribution in [3.8, 4) is 45.7 Å². The van der Waals surface area contributed by atoms with Crippen LogP contribution in [-0.2, 0) is 87.3 Å². The fourth-order valence-corrected chi connectivity index (χ4v) is 18.0. The van der Waals surface area contributed by atoms with Gasteiger partial charge in [-0.3, -0.25) is 4.90 Å². The normalized spacial score (nSPS) is 10.8. The Hall–Kier alpha value is -14.8. The molecule has 0 fully saturated rings. The van der Waals surface area contributed by atoms with E-state index in [0.717, 1.165) is 182 Å². The summed E-state index contributed by atoms with van der Waals surface area (Å²) < 4.78 is 20.0. The van der Waals surface area contributed by atoms with E-state index in [-0.39, 0.29) is 79.2 Å². The molecule has 4 aromatic heterocycles. The van der Waals surface area contributed by atoms with Gasteiger partial charge in [-0.05, 0) is 122 Å². The number of phenols is 4. The van der Waals surface area contributed by atoms with Gasteiger partial charge in [-0.1, -0.05) is 200 Å². The van der Waals surface area contributed by atoms with Gasteiger partial charge in [0.25, 0.3) is 0 Å². The van der Waals surface area contributed by atoms with Crippen molar-refractivity contribution >= 4 is 87.2 Å². The molecule has 0 amide bonds. The number of methoxy groups -OCH3 is 2. The Labute approximate surface area is 874 Å². The smallest absolute Gasteiger partial charge is 0.505 e. The Morgan fingerprint density at radius 2 is 0.465 bits per heavy atom. The molecule has 18 aromatic carbocycles. The third kappa shape index (κ3) is 25.7. The molecule has 0 aliphatic carbocycles. The molecule has 0 bridgehead atoms. The maximum absolute atomic E-state index is 12.1. The van der Waals surface area contributed by atoms with Gasteiger partial charge in [-0.25, -0.2) is 0 Å². The maximum atomic E-state index is 12.1. The number of para-hydroxylation sites is 9. The van der Waals surface area contributed by atoms with Gasteiger partial charge >= 0.3 is 25.8 Å². The number of aromatic nitrogens is 4. The summed E-state index contributed by atoms with van der Waals surface area (Å²) in [4.78, 5) is 2.22. The van der Waals surface area contributed by atoms with Crippen LogP contribution in [-0.4, -0.2) is 88.6 Å². The van der Waals surface area contributed by atoms with Crippen molar-refractivity contribution in [3.05, 3.63) is 552 Å². The van der Waals surface area contributed by atoms with Crippen molar-refractivity contribution in [1.82, 2.24) is 23.2 Å². The largest absolute Gasteiger partial charge is 4.00 e. The van der Waals surface area contributed by atoms with Crippen LogP contribution in [0.15, 0.2) is 431 Å². The molecule has 0 saturated carbocycles. The van der Waals surface area contributed by atoms with Crippen LogP contribution in [0.3, 0.4) is 0 Å². The molecule has 0 atom stereocenters. The molecule has 0 spiro atoms. The molecule has 0 aliphatic heterocycles. The molecule has 708 valence electrons. The average Bonchev–Trinajstić information content (AvgIpc) is 1.59. The summed E-state index contributed by atoms with van der Waals surface area (Å²) in [5, 5.41) is 57.1. The van der Waals surface area contributed by atoms with Crippen molar-refractivity contribution < 1.29 is 86.1 Å². The van der Waals surface area contributed by atoms with Crippen molar-refractivity contribution in [3.63, 3.8) is 0 Å². The molecule has 14 heteroatoms. The summed E-state index contributed by atoms with van der Waals surface area (Å²) in [5.41, 5.74) is 24.1. The second-order valence-corrected chi connectivity index (χ2v) is 35.1. The SMILES string of the molecule is COCCN(Cc1cccc(-n2c3ccccc3c3ccccc32)c1O)Cc1cc(C)cc(-n2c3ccccc3c3ccccc32)c1O.[CH2-][N+](CCOC)(Cc1cc(C)cc(-n2c3ccccc3c3ccccc32)c1O)Cc1cc(C)cc(-n2c3ccccc3c3ccccc32)c1O.[CH2-]c1ccccc1.[CH2-]c1ccccc1.[CH2-]c1ccccc1.[CH2-]c1ccccc1.[CH2-]c1ccccc1.[CH2-]c1ccccc1.[Hf+4].[Hf]. The summed E-state index contributed by atoms with van der Waals surface area (Å²) in [7, 11) is 8.14. The van der Waals surface area contributed by atoms with E-state index in [4.69, 9.17) is 16.5 Å². The number of benzene rings is 18. The Bertz CT molecular complexity index is 7160. The number of ether oxygens (including phenoxy) is 2. The zero-order valence-corrected chi connectivity index (χ0v) is 88.6. The first-order chi connectivity index (χ1) is 68.2. The first-order valence-corrected chi connectivity index (χ1v) is 47.0. The van der Waals surface area contributed by atoms with Crippen LogP contribution in [0.25, 0.3) is 110 Å². The van der Waals surface area contributed by atoms with Crippen LogP contribution in [0.4, 0.5) is 0 Å². The fourth-order valence-electron chi connectivity index (χ4n) is 18.0. The maximum Gasteiger partial charge on any atom is 4.00 e. The van der Waals surface area contributed by atoms with Crippen molar-refractivity contribution in [1.29, 1.82) is 0 Å². The van der Waals surface area contributed by atoms with Crippen molar-refractivity contribution in [2.24, 2.45) is 0 Å². The number of aryl methyl sites for hydroxylation is 3. The molecule has 0 saturated heterocycles. The second-order valence-electron chi connectivity index (χ2n) is 35.1. The number of hydrogen-bond acceptors (Lipinski definition) is 7. The van der Waals surface area contributed by atoms with Crippen LogP contribution in [0.1, 0.15) is 72.3 Å². The molecule has 22 aromatic rings. The molecular weight excluding hydrogens is 2070 g/mol. The van der Waals surface area contributed by atoms with Crippen molar-refractivity contribution in [2.45, 2.75) is 47.0 Å². The first-order valence-electron chi connectivity index (χ1n) is 47.0. The minimum absolute atomic E-state index is 0. The number of hydrogen-bond donors (Lipinski definition) is 4. The van der Waals surface area contributed by atoms with E-state index in [0.29, 0.717) is 52.5 Å². The number of aromatic hydroxyl groups is 4. The molecule has 0 radical (unpaired) electrons. The van der Waals surface area contributed by atoms with E-state index < -0.39 is 0 Å². The average molecular weight is 2200 g/mol. The van der Waals surface area contributed by atoms with Gasteiger partial charge in [0.2, 0.25) is 0 Å². The number of rotatable bonds is 18. The van der Waals surface area contributed by atoms with E-state index in [1.165, 1.54) is 0 Å². The summed E-state index contributed by atoms with van der Waals surface area (Å²) >= 11 is 0. The molecule has 12 nitrogen and oxygen atoms in total. The van der Waals surface area contributed by atoms with E-state index in [2.05, 4.69) is 267 Å². The van der Waals surface area contributed by atoms with Gasteiger partial charge in [0.1, 0.15) is 23.0 Å². The monoisotopic (exact) mass is 2200 g/mol. The standard InChI is InChI=1S/C44H41N3O3.C42H37N3O3.6C7H7.2Hf/c1-29-23-31(43(48)41(25-29)45-37-17-9-5-13-33(37)34-14-6-10-18-38(34)45)27-47(3,21-22-50-4)28-32-24-30(2)26-42(44(32)49)46-39-19-11-7-15-35(39)36-16-8-12-20-40(36)46;1-28-24-30(42(47)40(25-28)45-37-19-9-5-15-33(37)34-16-6-10-20-38(34)45)27-43(22-23-48-2)26-29-12-11-21-39(41(29)46)44-35-17-7-3-13-31(35)32-14-4-8-18-36(32)44;6*1-7-5-3-2-4-6-7;;/h5-20,23-26,48-49H,3,21-22,27-28H2,1-2,4H3;3-21,24-25,46-47H,22-23,26-27H2,1-2H3;6*2-6H,1H2;;/q;;6*-1;;+4. The third-order valence-corrected chi connectivity index (χ3v) is 24.6. The summed E-state index contributed by atoms with van der Waals surface area (Å²) in [5.74, 6) is 0.943. The van der Waals surface area contributed by atoms with Crippen LogP contribution < -0.4 is 0 Å². The zero-order valence-electron chi connectivity index (χ0n) is 81.4. The van der Waals surface area contributed by atoms with Crippen LogP contribution in [0.5, 0.6) is 23.0 Å². The predicted octanol–water partition coefficient (Wildman–Crippen LogP) is 30.3. The molecular formula is C128H120Hf2N6O6-2. The molecule has 22 rings (SSSR count). The third-order valence-electron chi connectivity index (χ3n) is 24.6. The summed E-state index contributed by atoms with van der Waals surface area (Å²) in [6, 6.07) is 144. The van der Waals surface area contributed by atoms with E-state index in [1.54, 1.807) is 14.2 Å². The minimum atomic E-state index is 0. The van der Waals surface area contributed by atoms with Gasteiger partial charge in [0.15, 0.2) is 0 Å². The Morgan fingerprint density at radius 3 is 0.704 bits per heavy atom. The molecule has 142 heavy (non-hydrogen) atoms. The van der Waals surface area contributed by atoms with Gasteiger partial charge in [-0.15, -0.1) is 79.8 Å².